The van der Waals surface area contributed by atoms with E-state index < -0.39 is 0 Å². The van der Waals surface area contributed by atoms with Gasteiger partial charge in [-0.3, -0.25) is 0 Å². The summed E-state index contributed by atoms with van der Waals surface area (Å²) in [5, 5.41) is 3.18. The fourth-order valence-electron chi connectivity index (χ4n) is 2.78. The van der Waals surface area contributed by atoms with Gasteiger partial charge in [-0.25, -0.2) is 0 Å². The number of piperidine rings is 1. The summed E-state index contributed by atoms with van der Waals surface area (Å²) in [5.41, 5.74) is 2.62. The van der Waals surface area contributed by atoms with E-state index >= 15 is 0 Å². The Balaban J connectivity index is 2.08. The fourth-order valence-corrected chi connectivity index (χ4v) is 3.45. The summed E-state index contributed by atoms with van der Waals surface area (Å²) in [4.78, 5) is 2.47. The van der Waals surface area contributed by atoms with Gasteiger partial charge in [0.2, 0.25) is 0 Å². The highest BCUT2D eigenvalue weighted by molar-refractivity contribution is 9.10. The summed E-state index contributed by atoms with van der Waals surface area (Å²) >= 11 is 3.71. The van der Waals surface area contributed by atoms with Crippen molar-refractivity contribution in [2.45, 2.75) is 19.4 Å². The molecule has 1 aliphatic rings. The van der Waals surface area contributed by atoms with Gasteiger partial charge in [-0.15, -0.1) is 0 Å². The molecule has 0 saturated carbocycles. The van der Waals surface area contributed by atoms with Crippen LogP contribution in [0.2, 0.25) is 0 Å². The molecule has 0 spiro atoms. The molecule has 1 aliphatic heterocycles. The summed E-state index contributed by atoms with van der Waals surface area (Å²) < 4.78 is 6.49. The maximum atomic E-state index is 5.30. The molecule has 1 unspecified atom stereocenters. The number of methoxy groups -OCH3 is 1. The Morgan fingerprint density at radius 3 is 3.00 bits per heavy atom. The van der Waals surface area contributed by atoms with Gasteiger partial charge in [0.05, 0.1) is 12.3 Å². The van der Waals surface area contributed by atoms with Gasteiger partial charge in [0.1, 0.15) is 0 Å². The Kier molecular flexibility index (Phi) is 5.67. The largest absolute Gasteiger partial charge is 0.384 e. The third-order valence-electron chi connectivity index (χ3n) is 3.66. The van der Waals surface area contributed by atoms with Crippen LogP contribution in [-0.2, 0) is 11.3 Å². The Morgan fingerprint density at radius 1 is 1.47 bits per heavy atom. The first kappa shape index (κ1) is 14.8. The fraction of sp³-hybridized carbons (Fsp3) is 0.600. The van der Waals surface area contributed by atoms with Gasteiger partial charge >= 0.3 is 0 Å². The molecule has 0 amide bonds. The lowest BCUT2D eigenvalue weighted by molar-refractivity contribution is 0.143. The van der Waals surface area contributed by atoms with Crippen molar-refractivity contribution in [3.05, 3.63) is 28.2 Å². The average molecular weight is 327 g/mol. The van der Waals surface area contributed by atoms with Gasteiger partial charge in [0, 0.05) is 31.2 Å². The van der Waals surface area contributed by atoms with E-state index in [4.69, 9.17) is 4.74 Å². The van der Waals surface area contributed by atoms with Crippen LogP contribution >= 0.6 is 15.9 Å². The zero-order valence-electron chi connectivity index (χ0n) is 11.8. The maximum absolute atomic E-state index is 5.30. The molecule has 1 aromatic carbocycles. The van der Waals surface area contributed by atoms with Crippen molar-refractivity contribution < 1.29 is 4.74 Å². The third kappa shape index (κ3) is 3.94. The van der Waals surface area contributed by atoms with Crippen molar-refractivity contribution in [2.24, 2.45) is 5.92 Å². The number of nitrogens with one attached hydrogen (secondary N) is 1. The normalized spacial score (nSPS) is 19.7. The van der Waals surface area contributed by atoms with E-state index in [-0.39, 0.29) is 0 Å². The van der Waals surface area contributed by atoms with Gasteiger partial charge in [-0.05, 0) is 59.4 Å². The Bertz CT molecular complexity index is 409. The SMILES string of the molecule is CNCc1ccc(N2CCCC(COC)C2)c(Br)c1. The first-order valence-electron chi connectivity index (χ1n) is 6.91. The lowest BCUT2D eigenvalue weighted by Gasteiger charge is -2.34. The molecule has 19 heavy (non-hydrogen) atoms. The van der Waals surface area contributed by atoms with Crippen LogP contribution in [0.15, 0.2) is 22.7 Å². The van der Waals surface area contributed by atoms with Crippen molar-refractivity contribution >= 4 is 21.6 Å². The van der Waals surface area contributed by atoms with Gasteiger partial charge in [-0.2, -0.15) is 0 Å². The molecule has 0 aliphatic carbocycles. The van der Waals surface area contributed by atoms with Crippen LogP contribution in [-0.4, -0.2) is 33.9 Å². The monoisotopic (exact) mass is 326 g/mol. The van der Waals surface area contributed by atoms with Gasteiger partial charge in [0.15, 0.2) is 0 Å². The summed E-state index contributed by atoms with van der Waals surface area (Å²) in [7, 11) is 3.77. The predicted octanol–water partition coefficient (Wildman–Crippen LogP) is 3.03. The van der Waals surface area contributed by atoms with E-state index in [1.165, 1.54) is 28.6 Å². The second kappa shape index (κ2) is 7.27. The van der Waals surface area contributed by atoms with E-state index in [2.05, 4.69) is 44.3 Å². The Morgan fingerprint density at radius 2 is 2.32 bits per heavy atom. The van der Waals surface area contributed by atoms with E-state index in [9.17, 15) is 0 Å². The third-order valence-corrected chi connectivity index (χ3v) is 4.29. The number of ether oxygens (including phenoxy) is 1. The summed E-state index contributed by atoms with van der Waals surface area (Å²) in [6.45, 7) is 4.01. The molecule has 1 atom stereocenters. The van der Waals surface area contributed by atoms with E-state index in [0.717, 1.165) is 26.2 Å². The van der Waals surface area contributed by atoms with Gasteiger partial charge in [-0.1, -0.05) is 6.07 Å². The summed E-state index contributed by atoms with van der Waals surface area (Å²) in [6.07, 6.45) is 2.53. The molecule has 3 nitrogen and oxygen atoms in total. The van der Waals surface area contributed by atoms with E-state index in [1.807, 2.05) is 7.05 Å². The van der Waals surface area contributed by atoms with Gasteiger partial charge < -0.3 is 15.0 Å². The molecule has 0 aromatic heterocycles. The highest BCUT2D eigenvalue weighted by Crippen LogP contribution is 2.31. The van der Waals surface area contributed by atoms with Crippen LogP contribution in [0.1, 0.15) is 18.4 Å². The van der Waals surface area contributed by atoms with Crippen LogP contribution in [0.4, 0.5) is 5.69 Å². The number of rotatable bonds is 5. The molecule has 2 rings (SSSR count). The zero-order valence-corrected chi connectivity index (χ0v) is 13.4. The Hall–Kier alpha value is -0.580. The van der Waals surface area contributed by atoms with Crippen molar-refractivity contribution in [1.29, 1.82) is 0 Å². The molecule has 4 heteroatoms. The number of anilines is 1. The molecular formula is C15H23BrN2O. The number of hydrogen-bond donors (Lipinski definition) is 1. The maximum Gasteiger partial charge on any atom is 0.0510 e. The summed E-state index contributed by atoms with van der Waals surface area (Å²) in [6, 6.07) is 6.65. The minimum atomic E-state index is 0.655. The quantitative estimate of drug-likeness (QED) is 0.900. The molecular weight excluding hydrogens is 304 g/mol. The smallest absolute Gasteiger partial charge is 0.0510 e. The van der Waals surface area contributed by atoms with Crippen molar-refractivity contribution in [3.63, 3.8) is 0 Å². The number of hydrogen-bond acceptors (Lipinski definition) is 3. The molecule has 1 N–H and O–H groups in total. The molecule has 106 valence electrons. The van der Waals surface area contributed by atoms with Crippen molar-refractivity contribution in [1.82, 2.24) is 5.32 Å². The number of benzene rings is 1. The van der Waals surface area contributed by atoms with Crippen LogP contribution in [0, 0.1) is 5.92 Å². The molecule has 1 fully saturated rings. The molecule has 0 bridgehead atoms. The first-order valence-corrected chi connectivity index (χ1v) is 7.70. The van der Waals surface area contributed by atoms with Crippen LogP contribution in [0.3, 0.4) is 0 Å². The zero-order chi connectivity index (χ0) is 13.7. The minimum absolute atomic E-state index is 0.655. The highest BCUT2D eigenvalue weighted by Gasteiger charge is 2.21. The van der Waals surface area contributed by atoms with Crippen molar-refractivity contribution in [3.8, 4) is 0 Å². The highest BCUT2D eigenvalue weighted by atomic mass is 79.9. The Labute approximate surface area is 124 Å². The van der Waals surface area contributed by atoms with Gasteiger partial charge in [0.25, 0.3) is 0 Å². The summed E-state index contributed by atoms with van der Waals surface area (Å²) in [5.74, 6) is 0.655. The second-order valence-electron chi connectivity index (χ2n) is 5.23. The molecule has 0 radical (unpaired) electrons. The number of nitrogens with zero attached hydrogens (tertiary/aromatic N) is 1. The second-order valence-corrected chi connectivity index (χ2v) is 6.08. The van der Waals surface area contributed by atoms with E-state index in [1.54, 1.807) is 7.11 Å². The predicted molar refractivity (Wildman–Crippen MR) is 83.7 cm³/mol. The topological polar surface area (TPSA) is 24.5 Å². The lowest BCUT2D eigenvalue weighted by atomic mass is 9.98. The molecule has 1 heterocycles. The average Bonchev–Trinajstić information content (AvgIpc) is 2.40. The van der Waals surface area contributed by atoms with Crippen LogP contribution in [0.5, 0.6) is 0 Å². The van der Waals surface area contributed by atoms with Crippen molar-refractivity contribution in [2.75, 3.05) is 38.8 Å². The van der Waals surface area contributed by atoms with Crippen LogP contribution in [0.25, 0.3) is 0 Å². The number of halogens is 1. The lowest BCUT2D eigenvalue weighted by Crippen LogP contribution is -2.37. The van der Waals surface area contributed by atoms with E-state index in [0.29, 0.717) is 5.92 Å². The molecule has 1 saturated heterocycles. The standard InChI is InChI=1S/C15H23BrN2O/c1-17-9-12-5-6-15(14(16)8-12)18-7-3-4-13(10-18)11-19-2/h5-6,8,13,17H,3-4,7,9-11H2,1-2H3. The van der Waals surface area contributed by atoms with Crippen LogP contribution < -0.4 is 10.2 Å². The minimum Gasteiger partial charge on any atom is -0.384 e. The first-order chi connectivity index (χ1) is 9.24. The molecule has 1 aromatic rings.